The van der Waals surface area contributed by atoms with Gasteiger partial charge in [0.25, 0.3) is 5.91 Å². The molecule has 3 aromatic rings. The van der Waals surface area contributed by atoms with Crippen LogP contribution < -0.4 is 5.32 Å². The second-order valence-electron chi connectivity index (χ2n) is 4.77. The Morgan fingerprint density at radius 2 is 2.05 bits per heavy atom. The average molecular weight is 281 g/mol. The molecule has 5 nitrogen and oxygen atoms in total. The van der Waals surface area contributed by atoms with Crippen LogP contribution in [0, 0.1) is 0 Å². The van der Waals surface area contributed by atoms with Crippen molar-refractivity contribution in [3.05, 3.63) is 66.0 Å². The Labute approximate surface area is 121 Å². The number of hydrogen-bond acceptors (Lipinski definition) is 3. The normalized spacial score (nSPS) is 12.2. The smallest absolute Gasteiger partial charge is 0.251 e. The molecule has 0 spiro atoms. The molecule has 3 N–H and O–H groups in total. The minimum Gasteiger partial charge on any atom is -0.387 e. The maximum atomic E-state index is 12.1. The molecule has 0 radical (unpaired) electrons. The number of amides is 1. The van der Waals surface area contributed by atoms with Crippen molar-refractivity contribution >= 4 is 16.9 Å². The summed E-state index contributed by atoms with van der Waals surface area (Å²) in [6, 6.07) is 14.5. The van der Waals surface area contributed by atoms with Gasteiger partial charge in [-0.1, -0.05) is 30.3 Å². The molecule has 1 aromatic heterocycles. The van der Waals surface area contributed by atoms with Crippen molar-refractivity contribution in [3.8, 4) is 0 Å². The highest BCUT2D eigenvalue weighted by atomic mass is 16.3. The first-order valence-corrected chi connectivity index (χ1v) is 6.68. The Morgan fingerprint density at radius 1 is 1.24 bits per heavy atom. The van der Waals surface area contributed by atoms with E-state index < -0.39 is 6.10 Å². The van der Waals surface area contributed by atoms with Gasteiger partial charge < -0.3 is 15.4 Å². The third-order valence-corrected chi connectivity index (χ3v) is 3.32. The van der Waals surface area contributed by atoms with Crippen LogP contribution in [-0.2, 0) is 0 Å². The van der Waals surface area contributed by atoms with Gasteiger partial charge >= 0.3 is 0 Å². The Bertz CT molecular complexity index is 752. The van der Waals surface area contributed by atoms with Crippen molar-refractivity contribution in [3.63, 3.8) is 0 Å². The monoisotopic (exact) mass is 281 g/mol. The molecule has 0 aliphatic heterocycles. The largest absolute Gasteiger partial charge is 0.387 e. The summed E-state index contributed by atoms with van der Waals surface area (Å²) in [6.45, 7) is 0.170. The Kier molecular flexibility index (Phi) is 3.66. The maximum absolute atomic E-state index is 12.1. The fourth-order valence-corrected chi connectivity index (χ4v) is 2.16. The molecule has 106 valence electrons. The molecule has 0 saturated carbocycles. The highest BCUT2D eigenvalue weighted by molar-refractivity contribution is 5.97. The van der Waals surface area contributed by atoms with Crippen LogP contribution in [0.2, 0.25) is 0 Å². The molecular formula is C16H15N3O2. The van der Waals surface area contributed by atoms with Gasteiger partial charge in [-0.2, -0.15) is 0 Å². The predicted octanol–water partition coefficient (Wildman–Crippen LogP) is 2.03. The average Bonchev–Trinajstić information content (AvgIpc) is 3.00. The maximum Gasteiger partial charge on any atom is 0.251 e. The van der Waals surface area contributed by atoms with Crippen molar-refractivity contribution in [2.75, 3.05) is 6.54 Å². The fourth-order valence-electron chi connectivity index (χ4n) is 2.16. The van der Waals surface area contributed by atoms with Gasteiger partial charge in [0, 0.05) is 12.1 Å². The molecule has 5 heteroatoms. The van der Waals surface area contributed by atoms with Crippen molar-refractivity contribution in [2.24, 2.45) is 0 Å². The van der Waals surface area contributed by atoms with Gasteiger partial charge in [-0.3, -0.25) is 4.79 Å². The third kappa shape index (κ3) is 2.93. The number of rotatable bonds is 4. The van der Waals surface area contributed by atoms with E-state index in [0.717, 1.165) is 16.6 Å². The van der Waals surface area contributed by atoms with Crippen LogP contribution in [0.25, 0.3) is 11.0 Å². The van der Waals surface area contributed by atoms with Crippen LogP contribution in [-0.4, -0.2) is 27.5 Å². The van der Waals surface area contributed by atoms with E-state index >= 15 is 0 Å². The molecule has 0 aliphatic carbocycles. The molecule has 0 saturated heterocycles. The predicted molar refractivity (Wildman–Crippen MR) is 79.8 cm³/mol. The molecule has 1 atom stereocenters. The van der Waals surface area contributed by atoms with E-state index in [2.05, 4.69) is 15.3 Å². The number of benzene rings is 2. The zero-order chi connectivity index (χ0) is 14.7. The zero-order valence-electron chi connectivity index (χ0n) is 11.3. The summed E-state index contributed by atoms with van der Waals surface area (Å²) in [5, 5.41) is 12.8. The number of aromatic nitrogens is 2. The molecule has 1 heterocycles. The standard InChI is InChI=1S/C16H15N3O2/c20-15(11-4-2-1-3-5-11)9-17-16(21)12-6-7-13-14(8-12)19-10-18-13/h1-8,10,15,20H,9H2,(H,17,21)(H,18,19). The van der Waals surface area contributed by atoms with E-state index in [1.807, 2.05) is 30.3 Å². The summed E-state index contributed by atoms with van der Waals surface area (Å²) in [5.74, 6) is -0.221. The Morgan fingerprint density at radius 3 is 2.86 bits per heavy atom. The summed E-state index contributed by atoms with van der Waals surface area (Å²) in [6.07, 6.45) is 0.872. The lowest BCUT2D eigenvalue weighted by molar-refractivity contribution is 0.0916. The molecule has 0 fully saturated rings. The van der Waals surface area contributed by atoms with Gasteiger partial charge in [0.05, 0.1) is 23.5 Å². The quantitative estimate of drug-likeness (QED) is 0.684. The van der Waals surface area contributed by atoms with Crippen LogP contribution in [0.1, 0.15) is 22.0 Å². The number of nitrogens with one attached hydrogen (secondary N) is 2. The number of hydrogen-bond donors (Lipinski definition) is 3. The molecule has 1 amide bonds. The molecule has 0 aliphatic rings. The summed E-state index contributed by atoms with van der Waals surface area (Å²) >= 11 is 0. The van der Waals surface area contributed by atoms with Crippen LogP contribution in [0.5, 0.6) is 0 Å². The lowest BCUT2D eigenvalue weighted by atomic mass is 10.1. The minimum absolute atomic E-state index is 0.170. The topological polar surface area (TPSA) is 78.0 Å². The molecular weight excluding hydrogens is 266 g/mol. The second kappa shape index (κ2) is 5.76. The van der Waals surface area contributed by atoms with Gasteiger partial charge in [-0.25, -0.2) is 4.98 Å². The molecule has 3 rings (SSSR count). The summed E-state index contributed by atoms with van der Waals surface area (Å²) in [4.78, 5) is 19.2. The number of carbonyl (C=O) groups is 1. The highest BCUT2D eigenvalue weighted by Gasteiger charge is 2.11. The Balaban J connectivity index is 1.66. The van der Waals surface area contributed by atoms with Gasteiger partial charge in [0.15, 0.2) is 0 Å². The fraction of sp³-hybridized carbons (Fsp3) is 0.125. The summed E-state index contributed by atoms with van der Waals surface area (Å²) < 4.78 is 0. The second-order valence-corrected chi connectivity index (χ2v) is 4.77. The van der Waals surface area contributed by atoms with Gasteiger partial charge in [-0.15, -0.1) is 0 Å². The first-order chi connectivity index (χ1) is 10.2. The third-order valence-electron chi connectivity index (χ3n) is 3.32. The minimum atomic E-state index is -0.717. The van der Waals surface area contributed by atoms with Crippen molar-refractivity contribution < 1.29 is 9.90 Å². The van der Waals surface area contributed by atoms with E-state index in [9.17, 15) is 9.90 Å². The van der Waals surface area contributed by atoms with Crippen molar-refractivity contribution in [1.82, 2.24) is 15.3 Å². The number of nitrogens with zero attached hydrogens (tertiary/aromatic N) is 1. The van der Waals surface area contributed by atoms with E-state index in [1.54, 1.807) is 24.5 Å². The van der Waals surface area contributed by atoms with E-state index in [0.29, 0.717) is 5.56 Å². The van der Waals surface area contributed by atoms with Crippen molar-refractivity contribution in [2.45, 2.75) is 6.10 Å². The summed E-state index contributed by atoms with van der Waals surface area (Å²) in [7, 11) is 0. The number of aliphatic hydroxyl groups is 1. The van der Waals surface area contributed by atoms with Crippen molar-refractivity contribution in [1.29, 1.82) is 0 Å². The zero-order valence-corrected chi connectivity index (χ0v) is 11.3. The lowest BCUT2D eigenvalue weighted by Crippen LogP contribution is -2.28. The van der Waals surface area contributed by atoms with Crippen LogP contribution >= 0.6 is 0 Å². The molecule has 1 unspecified atom stereocenters. The SMILES string of the molecule is O=C(NCC(O)c1ccccc1)c1ccc2nc[nH]c2c1. The molecule has 0 bridgehead atoms. The van der Waals surface area contributed by atoms with Crippen LogP contribution in [0.4, 0.5) is 0 Å². The number of aromatic amines is 1. The number of H-pyrrole nitrogens is 1. The van der Waals surface area contributed by atoms with Crippen LogP contribution in [0.15, 0.2) is 54.9 Å². The van der Waals surface area contributed by atoms with Crippen LogP contribution in [0.3, 0.4) is 0 Å². The number of imidazole rings is 1. The highest BCUT2D eigenvalue weighted by Crippen LogP contribution is 2.13. The molecule has 21 heavy (non-hydrogen) atoms. The molecule has 2 aromatic carbocycles. The Hall–Kier alpha value is -2.66. The van der Waals surface area contributed by atoms with E-state index in [1.165, 1.54) is 0 Å². The first-order valence-electron chi connectivity index (χ1n) is 6.68. The summed E-state index contributed by atoms with van der Waals surface area (Å²) in [5.41, 5.74) is 2.94. The number of carbonyl (C=O) groups excluding carboxylic acids is 1. The number of aliphatic hydroxyl groups excluding tert-OH is 1. The van der Waals surface area contributed by atoms with Gasteiger partial charge in [0.1, 0.15) is 0 Å². The first kappa shape index (κ1) is 13.3. The van der Waals surface area contributed by atoms with Gasteiger partial charge in [-0.05, 0) is 23.8 Å². The number of fused-ring (bicyclic) bond motifs is 1. The lowest BCUT2D eigenvalue weighted by Gasteiger charge is -2.12. The van der Waals surface area contributed by atoms with E-state index in [-0.39, 0.29) is 12.5 Å². The van der Waals surface area contributed by atoms with E-state index in [4.69, 9.17) is 0 Å². The van der Waals surface area contributed by atoms with Gasteiger partial charge in [0.2, 0.25) is 0 Å².